The molecule has 8 aromatic carbocycles. The van der Waals surface area contributed by atoms with Crippen molar-refractivity contribution in [2.75, 3.05) is 0 Å². The van der Waals surface area contributed by atoms with Crippen molar-refractivity contribution in [3.63, 3.8) is 0 Å². The first-order valence-electron chi connectivity index (χ1n) is 22.7. The predicted molar refractivity (Wildman–Crippen MR) is 267 cm³/mol. The van der Waals surface area contributed by atoms with E-state index in [0.29, 0.717) is 0 Å². The smallest absolute Gasteiger partial charge is 0.0722 e. The second kappa shape index (κ2) is 15.0. The van der Waals surface area contributed by atoms with Gasteiger partial charge in [-0.15, -0.1) is 0 Å². The molecule has 0 atom stereocenters. The van der Waals surface area contributed by atoms with Gasteiger partial charge in [-0.3, -0.25) is 0 Å². The van der Waals surface area contributed by atoms with E-state index in [0.717, 1.165) is 29.8 Å². The lowest BCUT2D eigenvalue weighted by Gasteiger charge is -2.46. The van der Waals surface area contributed by atoms with Gasteiger partial charge >= 0.3 is 0 Å². The van der Waals surface area contributed by atoms with Gasteiger partial charge in [0.1, 0.15) is 0 Å². The highest BCUT2D eigenvalue weighted by Gasteiger charge is 2.53. The molecule has 0 N–H and O–H groups in total. The van der Waals surface area contributed by atoms with Gasteiger partial charge in [-0.25, -0.2) is 4.98 Å². The Labute approximate surface area is 376 Å². The van der Waals surface area contributed by atoms with Crippen LogP contribution in [0.5, 0.6) is 0 Å². The standard InChI is InChI=1S/C63H47N/c1-62(2)54-27-12-14-29-56(54)63(57-30-15-13-28-55(57)62)53-37-36-49(45-34-32-44(33-35-45)48-25-16-24-47(38-48)42-18-6-3-7-19-42)39-52(53)61-51(26-17-31-58(61)63)60-41-50(43-20-8-4-9-21-43)40-59(64-60)46-22-10-5-11-23-46/h3-4,6-10,12-41H,5,11H2,1-2H3. The van der Waals surface area contributed by atoms with Crippen LogP contribution in [0.25, 0.3) is 72.5 Å². The van der Waals surface area contributed by atoms with Gasteiger partial charge in [0.05, 0.1) is 16.8 Å². The van der Waals surface area contributed by atoms with Gasteiger partial charge in [-0.1, -0.05) is 214 Å². The van der Waals surface area contributed by atoms with Crippen LogP contribution in [0.15, 0.2) is 224 Å². The highest BCUT2D eigenvalue weighted by atomic mass is 14.7. The summed E-state index contributed by atoms with van der Waals surface area (Å²) >= 11 is 0. The van der Waals surface area contributed by atoms with Crippen molar-refractivity contribution in [1.29, 1.82) is 0 Å². The lowest BCUT2D eigenvalue weighted by molar-refractivity contribution is 0.563. The topological polar surface area (TPSA) is 12.9 Å². The molecule has 1 spiro atoms. The van der Waals surface area contributed by atoms with Gasteiger partial charge in [0.15, 0.2) is 0 Å². The average Bonchev–Trinajstić information content (AvgIpc) is 3.67. The summed E-state index contributed by atoms with van der Waals surface area (Å²) in [5.41, 5.74) is 23.9. The molecule has 3 aliphatic carbocycles. The maximum atomic E-state index is 5.57. The van der Waals surface area contributed by atoms with E-state index in [-0.39, 0.29) is 5.41 Å². The summed E-state index contributed by atoms with van der Waals surface area (Å²) in [6.45, 7) is 4.79. The fourth-order valence-corrected chi connectivity index (χ4v) is 11.1. The third-order valence-corrected chi connectivity index (χ3v) is 14.2. The number of nitrogens with zero attached hydrogens (tertiary/aromatic N) is 1. The minimum atomic E-state index is -0.524. The van der Waals surface area contributed by atoms with Gasteiger partial charge in [0.25, 0.3) is 0 Å². The summed E-state index contributed by atoms with van der Waals surface area (Å²) in [6.07, 6.45) is 8.95. The molecule has 1 aromatic heterocycles. The Morgan fingerprint density at radius 3 is 1.48 bits per heavy atom. The van der Waals surface area contributed by atoms with E-state index in [1.54, 1.807) is 0 Å². The fourth-order valence-electron chi connectivity index (χ4n) is 11.1. The normalized spacial score (nSPS) is 14.9. The van der Waals surface area contributed by atoms with E-state index in [9.17, 15) is 0 Å². The Balaban J connectivity index is 1.08. The zero-order valence-electron chi connectivity index (χ0n) is 36.2. The first kappa shape index (κ1) is 38.1. The number of hydrogen-bond donors (Lipinski definition) is 0. The van der Waals surface area contributed by atoms with Gasteiger partial charge in [0.2, 0.25) is 0 Å². The zero-order chi connectivity index (χ0) is 42.8. The van der Waals surface area contributed by atoms with Gasteiger partial charge < -0.3 is 0 Å². The first-order valence-corrected chi connectivity index (χ1v) is 22.7. The fraction of sp³-hybridized carbons (Fsp3) is 0.0952. The third-order valence-electron chi connectivity index (χ3n) is 14.2. The third kappa shape index (κ3) is 5.95. The number of benzene rings is 8. The molecule has 1 heterocycles. The van der Waals surface area contributed by atoms with Crippen LogP contribution in [0, 0.1) is 0 Å². The molecule has 0 bridgehead atoms. The summed E-state index contributed by atoms with van der Waals surface area (Å²) in [6, 6.07) is 76.7. The highest BCUT2D eigenvalue weighted by Crippen LogP contribution is 2.63. The van der Waals surface area contributed by atoms with Crippen molar-refractivity contribution in [2.45, 2.75) is 37.5 Å². The molecule has 0 fully saturated rings. The molecule has 0 amide bonds. The minimum Gasteiger partial charge on any atom is -0.248 e. The van der Waals surface area contributed by atoms with E-state index >= 15 is 0 Å². The lowest BCUT2D eigenvalue weighted by Crippen LogP contribution is -2.40. The number of fused-ring (bicyclic) bond motifs is 9. The molecule has 1 nitrogen and oxygen atoms in total. The Morgan fingerprint density at radius 2 is 0.859 bits per heavy atom. The predicted octanol–water partition coefficient (Wildman–Crippen LogP) is 16.2. The van der Waals surface area contributed by atoms with Crippen molar-refractivity contribution >= 4 is 5.57 Å². The van der Waals surface area contributed by atoms with Crippen LogP contribution in [0.3, 0.4) is 0 Å². The molecule has 9 aromatic rings. The first-order chi connectivity index (χ1) is 31.5. The lowest BCUT2D eigenvalue weighted by atomic mass is 9.55. The van der Waals surface area contributed by atoms with Crippen LogP contribution in [0.2, 0.25) is 0 Å². The van der Waals surface area contributed by atoms with Crippen LogP contribution in [0.4, 0.5) is 0 Å². The van der Waals surface area contributed by atoms with Crippen molar-refractivity contribution in [2.24, 2.45) is 0 Å². The quantitative estimate of drug-likeness (QED) is 0.163. The maximum Gasteiger partial charge on any atom is 0.0722 e. The molecule has 12 rings (SSSR count). The Hall–Kier alpha value is -7.61. The van der Waals surface area contributed by atoms with E-state index < -0.39 is 5.41 Å². The number of aromatic nitrogens is 1. The van der Waals surface area contributed by atoms with Gasteiger partial charge in [0, 0.05) is 11.0 Å². The van der Waals surface area contributed by atoms with Crippen LogP contribution in [0.1, 0.15) is 65.8 Å². The van der Waals surface area contributed by atoms with E-state index in [4.69, 9.17) is 4.98 Å². The molecular formula is C63H47N. The Kier molecular flexibility index (Phi) is 8.95. The molecule has 0 saturated carbocycles. The Bertz CT molecular complexity index is 3280. The van der Waals surface area contributed by atoms with Gasteiger partial charge in [-0.2, -0.15) is 0 Å². The molecule has 64 heavy (non-hydrogen) atoms. The molecule has 0 radical (unpaired) electrons. The molecule has 3 aliphatic rings. The van der Waals surface area contributed by atoms with E-state index in [1.165, 1.54) is 94.6 Å². The molecule has 0 aliphatic heterocycles. The summed E-state index contributed by atoms with van der Waals surface area (Å²) < 4.78 is 0. The average molecular weight is 818 g/mol. The van der Waals surface area contributed by atoms with Crippen molar-refractivity contribution in [3.8, 4) is 66.9 Å². The van der Waals surface area contributed by atoms with Crippen LogP contribution < -0.4 is 0 Å². The minimum absolute atomic E-state index is 0.178. The number of rotatable bonds is 6. The van der Waals surface area contributed by atoms with Crippen LogP contribution >= 0.6 is 0 Å². The highest BCUT2D eigenvalue weighted by molar-refractivity contribution is 5.98. The van der Waals surface area contributed by atoms with Crippen molar-refractivity contribution in [3.05, 3.63) is 264 Å². The number of allylic oxidation sites excluding steroid dienone is 4. The molecule has 0 unspecified atom stereocenters. The maximum absolute atomic E-state index is 5.57. The van der Waals surface area contributed by atoms with Crippen LogP contribution in [-0.2, 0) is 10.8 Å². The monoisotopic (exact) mass is 817 g/mol. The van der Waals surface area contributed by atoms with Crippen molar-refractivity contribution in [1.82, 2.24) is 4.98 Å². The summed E-state index contributed by atoms with van der Waals surface area (Å²) in [5, 5.41) is 0. The molecule has 304 valence electrons. The summed E-state index contributed by atoms with van der Waals surface area (Å²) in [4.78, 5) is 5.57. The van der Waals surface area contributed by atoms with Gasteiger partial charge in [-0.05, 0) is 132 Å². The largest absolute Gasteiger partial charge is 0.248 e. The second-order valence-electron chi connectivity index (χ2n) is 18.1. The number of pyridine rings is 1. The molecule has 1 heteroatoms. The summed E-state index contributed by atoms with van der Waals surface area (Å²) in [5.74, 6) is 0. The molecule has 0 saturated heterocycles. The number of hydrogen-bond acceptors (Lipinski definition) is 1. The zero-order valence-corrected chi connectivity index (χ0v) is 36.2. The van der Waals surface area contributed by atoms with Crippen LogP contribution in [-0.4, -0.2) is 4.98 Å². The SMILES string of the molecule is CC1(C)c2ccccc2C2(c3ccc(-c4ccc(-c5cccc(-c6ccccc6)c5)cc4)cc3-c3c(-c4cc(-c5ccccc5)cc(C5=CCCC=C5)n4)cccc32)c2ccccc21. The second-order valence-corrected chi connectivity index (χ2v) is 18.1. The summed E-state index contributed by atoms with van der Waals surface area (Å²) in [7, 11) is 0. The molecular weight excluding hydrogens is 771 g/mol. The van der Waals surface area contributed by atoms with E-state index in [1.807, 2.05) is 0 Å². The van der Waals surface area contributed by atoms with E-state index in [2.05, 4.69) is 238 Å². The van der Waals surface area contributed by atoms with Crippen molar-refractivity contribution < 1.29 is 0 Å². The Morgan fingerprint density at radius 1 is 0.359 bits per heavy atom.